The van der Waals surface area contributed by atoms with Gasteiger partial charge in [-0.1, -0.05) is 0 Å². The molecule has 0 bridgehead atoms. The standard InChI is InChI=1S/C13H21NO2/c1-3-4-9-14(2)12-5-7-13(8-6-12)15-10-11-16-13/h1,12H,4-11H2,2H3. The number of hydrogen-bond acceptors (Lipinski definition) is 3. The van der Waals surface area contributed by atoms with Crippen LogP contribution in [0.25, 0.3) is 0 Å². The van der Waals surface area contributed by atoms with E-state index in [2.05, 4.69) is 17.9 Å². The van der Waals surface area contributed by atoms with Crippen molar-refractivity contribution in [2.75, 3.05) is 26.8 Å². The number of terminal acetylenes is 1. The fourth-order valence-corrected chi connectivity index (χ4v) is 2.69. The van der Waals surface area contributed by atoms with E-state index in [1.165, 1.54) is 0 Å². The molecule has 3 nitrogen and oxygen atoms in total. The average molecular weight is 223 g/mol. The van der Waals surface area contributed by atoms with Crippen LogP contribution < -0.4 is 0 Å². The Bertz CT molecular complexity index is 256. The first-order valence-corrected chi connectivity index (χ1v) is 6.17. The topological polar surface area (TPSA) is 21.7 Å². The second kappa shape index (κ2) is 5.18. The van der Waals surface area contributed by atoms with Crippen LogP contribution in [0.4, 0.5) is 0 Å². The molecule has 0 aromatic carbocycles. The Kier molecular flexibility index (Phi) is 3.86. The molecule has 0 atom stereocenters. The van der Waals surface area contributed by atoms with Gasteiger partial charge in [-0.2, -0.15) is 0 Å². The second-order valence-electron chi connectivity index (χ2n) is 4.77. The first-order chi connectivity index (χ1) is 7.76. The Hall–Kier alpha value is -0.560. The van der Waals surface area contributed by atoms with E-state index >= 15 is 0 Å². The Balaban J connectivity index is 1.78. The highest BCUT2D eigenvalue weighted by Crippen LogP contribution is 2.36. The lowest BCUT2D eigenvalue weighted by atomic mass is 9.89. The van der Waals surface area contributed by atoms with Crippen molar-refractivity contribution in [3.63, 3.8) is 0 Å². The molecule has 2 fully saturated rings. The number of hydrogen-bond donors (Lipinski definition) is 0. The minimum absolute atomic E-state index is 0.233. The van der Waals surface area contributed by atoms with Crippen molar-refractivity contribution in [3.8, 4) is 12.3 Å². The zero-order chi connectivity index (χ0) is 11.4. The van der Waals surface area contributed by atoms with Crippen LogP contribution in [0.5, 0.6) is 0 Å². The van der Waals surface area contributed by atoms with E-state index in [1.807, 2.05) is 0 Å². The summed E-state index contributed by atoms with van der Waals surface area (Å²) >= 11 is 0. The summed E-state index contributed by atoms with van der Waals surface area (Å²) < 4.78 is 11.4. The molecule has 3 heteroatoms. The molecule has 1 aliphatic heterocycles. The zero-order valence-corrected chi connectivity index (χ0v) is 10.1. The van der Waals surface area contributed by atoms with Gasteiger partial charge in [-0.05, 0) is 19.9 Å². The van der Waals surface area contributed by atoms with Crippen molar-refractivity contribution in [1.29, 1.82) is 0 Å². The number of ether oxygens (including phenoxy) is 2. The van der Waals surface area contributed by atoms with E-state index in [-0.39, 0.29) is 5.79 Å². The highest BCUT2D eigenvalue weighted by molar-refractivity contribution is 4.88. The molecule has 0 aromatic heterocycles. The quantitative estimate of drug-likeness (QED) is 0.679. The van der Waals surface area contributed by atoms with Crippen molar-refractivity contribution in [3.05, 3.63) is 0 Å². The predicted molar refractivity (Wildman–Crippen MR) is 63.0 cm³/mol. The van der Waals surface area contributed by atoms with Gasteiger partial charge in [0.25, 0.3) is 0 Å². The number of rotatable bonds is 3. The third-order valence-corrected chi connectivity index (χ3v) is 3.76. The molecule has 0 unspecified atom stereocenters. The monoisotopic (exact) mass is 223 g/mol. The second-order valence-corrected chi connectivity index (χ2v) is 4.77. The molecule has 1 heterocycles. The van der Waals surface area contributed by atoms with Crippen LogP contribution in [0.3, 0.4) is 0 Å². The molecular formula is C13H21NO2. The molecule has 16 heavy (non-hydrogen) atoms. The maximum atomic E-state index is 5.72. The molecule has 90 valence electrons. The van der Waals surface area contributed by atoms with Crippen LogP contribution in [-0.2, 0) is 9.47 Å². The molecular weight excluding hydrogens is 202 g/mol. The van der Waals surface area contributed by atoms with Crippen LogP contribution in [-0.4, -0.2) is 43.5 Å². The van der Waals surface area contributed by atoms with Crippen molar-refractivity contribution in [2.45, 2.75) is 43.9 Å². The third-order valence-electron chi connectivity index (χ3n) is 3.76. The minimum Gasteiger partial charge on any atom is -0.348 e. The van der Waals surface area contributed by atoms with E-state index in [0.29, 0.717) is 6.04 Å². The van der Waals surface area contributed by atoms with Gasteiger partial charge in [-0.25, -0.2) is 0 Å². The summed E-state index contributed by atoms with van der Waals surface area (Å²) in [4.78, 5) is 2.38. The average Bonchev–Trinajstić information content (AvgIpc) is 2.75. The van der Waals surface area contributed by atoms with Crippen LogP contribution in [0, 0.1) is 12.3 Å². The Morgan fingerprint density at radius 3 is 2.50 bits per heavy atom. The van der Waals surface area contributed by atoms with Crippen LogP contribution in [0.15, 0.2) is 0 Å². The summed E-state index contributed by atoms with van der Waals surface area (Å²) in [5.41, 5.74) is 0. The minimum atomic E-state index is -0.233. The van der Waals surface area contributed by atoms with Gasteiger partial charge in [-0.15, -0.1) is 12.3 Å². The lowest BCUT2D eigenvalue weighted by Gasteiger charge is -2.38. The normalized spacial score (nSPS) is 25.1. The van der Waals surface area contributed by atoms with Gasteiger partial charge < -0.3 is 14.4 Å². The highest BCUT2D eigenvalue weighted by Gasteiger charge is 2.40. The summed E-state index contributed by atoms with van der Waals surface area (Å²) in [6.07, 6.45) is 10.5. The van der Waals surface area contributed by atoms with Gasteiger partial charge >= 0.3 is 0 Å². The van der Waals surface area contributed by atoms with Crippen molar-refractivity contribution in [1.82, 2.24) is 4.90 Å². The molecule has 2 aliphatic rings. The summed E-state index contributed by atoms with van der Waals surface area (Å²) in [7, 11) is 2.16. The summed E-state index contributed by atoms with van der Waals surface area (Å²) in [5, 5.41) is 0. The van der Waals surface area contributed by atoms with Gasteiger partial charge in [0.15, 0.2) is 5.79 Å². The molecule has 1 saturated heterocycles. The molecule has 1 aliphatic carbocycles. The molecule has 0 aromatic rings. The summed E-state index contributed by atoms with van der Waals surface area (Å²) in [6, 6.07) is 0.645. The van der Waals surface area contributed by atoms with E-state index in [0.717, 1.165) is 51.9 Å². The summed E-state index contributed by atoms with van der Waals surface area (Å²) in [6.45, 7) is 2.52. The van der Waals surface area contributed by atoms with E-state index in [9.17, 15) is 0 Å². The first kappa shape index (κ1) is 11.9. The highest BCUT2D eigenvalue weighted by atomic mass is 16.7. The summed E-state index contributed by atoms with van der Waals surface area (Å²) in [5.74, 6) is 2.46. The maximum absolute atomic E-state index is 5.72. The maximum Gasteiger partial charge on any atom is 0.168 e. The van der Waals surface area contributed by atoms with E-state index < -0.39 is 0 Å². The molecule has 0 N–H and O–H groups in total. The first-order valence-electron chi connectivity index (χ1n) is 6.17. The van der Waals surface area contributed by atoms with E-state index in [1.54, 1.807) is 0 Å². The smallest absolute Gasteiger partial charge is 0.168 e. The van der Waals surface area contributed by atoms with Crippen molar-refractivity contribution < 1.29 is 9.47 Å². The van der Waals surface area contributed by atoms with Crippen LogP contribution in [0.1, 0.15) is 32.1 Å². The molecule has 1 saturated carbocycles. The fourth-order valence-electron chi connectivity index (χ4n) is 2.69. The Morgan fingerprint density at radius 1 is 1.31 bits per heavy atom. The van der Waals surface area contributed by atoms with Gasteiger partial charge in [0.2, 0.25) is 0 Å². The van der Waals surface area contributed by atoms with Gasteiger partial charge in [0.05, 0.1) is 13.2 Å². The zero-order valence-electron chi connectivity index (χ0n) is 10.1. The van der Waals surface area contributed by atoms with Crippen molar-refractivity contribution >= 4 is 0 Å². The van der Waals surface area contributed by atoms with Crippen molar-refractivity contribution in [2.24, 2.45) is 0 Å². The SMILES string of the molecule is C#CCCN(C)C1CCC2(CC1)OCCO2. The van der Waals surface area contributed by atoms with Crippen LogP contribution in [0.2, 0.25) is 0 Å². The fraction of sp³-hybridized carbons (Fsp3) is 0.846. The largest absolute Gasteiger partial charge is 0.348 e. The molecule has 2 rings (SSSR count). The number of nitrogens with zero attached hydrogens (tertiary/aromatic N) is 1. The lowest BCUT2D eigenvalue weighted by molar-refractivity contribution is -0.183. The lowest BCUT2D eigenvalue weighted by Crippen LogP contribution is -2.43. The van der Waals surface area contributed by atoms with Gasteiger partial charge in [-0.3, -0.25) is 0 Å². The van der Waals surface area contributed by atoms with Gasteiger partial charge in [0, 0.05) is 31.8 Å². The predicted octanol–water partition coefficient (Wildman–Crippen LogP) is 1.63. The Labute approximate surface area is 98.1 Å². The van der Waals surface area contributed by atoms with Crippen LogP contribution >= 0.6 is 0 Å². The Morgan fingerprint density at radius 2 is 1.94 bits per heavy atom. The van der Waals surface area contributed by atoms with Gasteiger partial charge in [0.1, 0.15) is 0 Å². The molecule has 1 spiro atoms. The molecule has 0 radical (unpaired) electrons. The third kappa shape index (κ3) is 2.57. The molecule has 0 amide bonds. The van der Waals surface area contributed by atoms with E-state index in [4.69, 9.17) is 15.9 Å².